The van der Waals surface area contributed by atoms with Crippen LogP contribution in [-0.2, 0) is 0 Å². The molecule has 0 heterocycles. The third kappa shape index (κ3) is 1.34. The molecule has 2 rings (SSSR count). The molecule has 0 spiro atoms. The van der Waals surface area contributed by atoms with Crippen molar-refractivity contribution in [2.75, 3.05) is 0 Å². The lowest BCUT2D eigenvalue weighted by Gasteiger charge is -2.03. The minimum absolute atomic E-state index is 0.0954. The highest BCUT2D eigenvalue weighted by atomic mass is 16.3. The molecule has 15 heavy (non-hydrogen) atoms. The molecular weight excluding hydrogens is 196 g/mol. The normalized spacial score (nSPS) is 10.1. The van der Waals surface area contributed by atoms with Gasteiger partial charge in [0.05, 0.1) is 0 Å². The van der Waals surface area contributed by atoms with E-state index in [9.17, 15) is 14.9 Å². The topological polar surface area (TPSA) is 79.1 Å². The Balaban J connectivity index is 2.96. The van der Waals surface area contributed by atoms with Crippen molar-refractivity contribution in [3.8, 4) is 5.75 Å². The van der Waals surface area contributed by atoms with Crippen molar-refractivity contribution in [3.05, 3.63) is 40.1 Å². The van der Waals surface area contributed by atoms with Gasteiger partial charge in [-0.25, -0.2) is 0 Å². The maximum absolute atomic E-state index is 10.5. The van der Waals surface area contributed by atoms with Gasteiger partial charge in [-0.2, -0.15) is 0 Å². The molecule has 0 bridgehead atoms. The summed E-state index contributed by atoms with van der Waals surface area (Å²) in [6.45, 7) is 0. The first kappa shape index (κ1) is 9.26. The maximum atomic E-state index is 10.5. The van der Waals surface area contributed by atoms with Crippen molar-refractivity contribution in [1.29, 1.82) is 0 Å². The molecule has 0 saturated heterocycles. The second kappa shape index (κ2) is 3.45. The molecule has 5 heteroatoms. The zero-order valence-electron chi connectivity index (χ0n) is 7.54. The van der Waals surface area contributed by atoms with Crippen LogP contribution in [0, 0.1) is 9.81 Å². The fourth-order valence-corrected chi connectivity index (χ4v) is 1.47. The summed E-state index contributed by atoms with van der Waals surface area (Å²) in [4.78, 5) is 20.9. The van der Waals surface area contributed by atoms with Gasteiger partial charge in [0.1, 0.15) is 5.69 Å². The summed E-state index contributed by atoms with van der Waals surface area (Å²) in [5.41, 5.74) is -0.0821. The first-order valence-electron chi connectivity index (χ1n) is 4.19. The molecule has 0 atom stereocenters. The van der Waals surface area contributed by atoms with Gasteiger partial charge >= 0.3 is 0 Å². The maximum Gasteiger partial charge on any atom is 0.152 e. The van der Waals surface area contributed by atoms with Gasteiger partial charge in [0.2, 0.25) is 0 Å². The third-order valence-corrected chi connectivity index (χ3v) is 2.17. The van der Waals surface area contributed by atoms with Crippen LogP contribution in [0.3, 0.4) is 0 Å². The highest BCUT2D eigenvalue weighted by Crippen LogP contribution is 2.40. The van der Waals surface area contributed by atoms with Gasteiger partial charge < -0.3 is 5.11 Å². The molecule has 0 saturated carbocycles. The Labute approximate surface area is 84.3 Å². The second-order valence-corrected chi connectivity index (χ2v) is 2.99. The molecule has 0 aliphatic carbocycles. The lowest BCUT2D eigenvalue weighted by atomic mass is 10.1. The van der Waals surface area contributed by atoms with Crippen molar-refractivity contribution >= 4 is 22.1 Å². The molecule has 0 unspecified atom stereocenters. The largest absolute Gasteiger partial charge is 0.505 e. The predicted octanol–water partition coefficient (Wildman–Crippen LogP) is 3.34. The molecular formula is C10H6N2O3. The molecule has 0 aliphatic heterocycles. The van der Waals surface area contributed by atoms with E-state index in [4.69, 9.17) is 0 Å². The van der Waals surface area contributed by atoms with Crippen LogP contribution in [0.15, 0.2) is 40.7 Å². The number of fused-ring (bicyclic) bond motifs is 1. The lowest BCUT2D eigenvalue weighted by molar-refractivity contribution is 0.483. The van der Waals surface area contributed by atoms with Crippen LogP contribution in [0.1, 0.15) is 0 Å². The highest BCUT2D eigenvalue weighted by molar-refractivity contribution is 6.00. The van der Waals surface area contributed by atoms with Crippen LogP contribution in [0.5, 0.6) is 5.75 Å². The average Bonchev–Trinajstić information content (AvgIpc) is 2.30. The Morgan fingerprint density at radius 2 is 1.53 bits per heavy atom. The van der Waals surface area contributed by atoms with Gasteiger partial charge in [-0.15, -0.1) is 9.81 Å². The Morgan fingerprint density at radius 1 is 0.933 bits per heavy atom. The van der Waals surface area contributed by atoms with Gasteiger partial charge in [-0.1, -0.05) is 24.3 Å². The van der Waals surface area contributed by atoms with Crippen LogP contribution in [0.4, 0.5) is 11.4 Å². The zero-order valence-corrected chi connectivity index (χ0v) is 7.54. The summed E-state index contributed by atoms with van der Waals surface area (Å²) in [6, 6.07) is 7.79. The first-order chi connectivity index (χ1) is 7.27. The third-order valence-electron chi connectivity index (χ3n) is 2.17. The van der Waals surface area contributed by atoms with Crippen LogP contribution in [0.2, 0.25) is 0 Å². The van der Waals surface area contributed by atoms with Gasteiger partial charge in [-0.05, 0) is 10.4 Å². The van der Waals surface area contributed by atoms with Gasteiger partial charge in [0, 0.05) is 16.8 Å². The van der Waals surface area contributed by atoms with Crippen molar-refractivity contribution in [2.45, 2.75) is 0 Å². The van der Waals surface area contributed by atoms with Gasteiger partial charge in [-0.3, -0.25) is 0 Å². The van der Waals surface area contributed by atoms with E-state index in [1.807, 2.05) is 0 Å². The number of phenolic OH excluding ortho intramolecular Hbond substituents is 1. The van der Waals surface area contributed by atoms with Crippen molar-refractivity contribution in [1.82, 2.24) is 0 Å². The Bertz CT molecular complexity index is 552. The minimum atomic E-state index is -0.229. The number of nitrogens with zero attached hydrogens (tertiary/aromatic N) is 2. The van der Waals surface area contributed by atoms with Crippen molar-refractivity contribution in [2.24, 2.45) is 10.4 Å². The predicted molar refractivity (Wildman–Crippen MR) is 56.5 cm³/mol. The summed E-state index contributed by atoms with van der Waals surface area (Å²) >= 11 is 0. The number of phenols is 1. The molecule has 5 nitrogen and oxygen atoms in total. The van der Waals surface area contributed by atoms with E-state index >= 15 is 0 Å². The quantitative estimate of drug-likeness (QED) is 0.758. The van der Waals surface area contributed by atoms with Crippen LogP contribution < -0.4 is 0 Å². The molecule has 0 aromatic heterocycles. The fraction of sp³-hybridized carbons (Fsp3) is 0. The molecule has 1 N–H and O–H groups in total. The number of hydrogen-bond donors (Lipinski definition) is 1. The first-order valence-corrected chi connectivity index (χ1v) is 4.19. The fourth-order valence-electron chi connectivity index (χ4n) is 1.47. The van der Waals surface area contributed by atoms with E-state index in [0.29, 0.717) is 10.8 Å². The number of hydrogen-bond acceptors (Lipinski definition) is 5. The lowest BCUT2D eigenvalue weighted by Crippen LogP contribution is -1.76. The number of rotatable bonds is 2. The molecule has 74 valence electrons. The SMILES string of the molecule is O=Nc1cc(N=O)c2ccccc2c1O. The Morgan fingerprint density at radius 3 is 2.13 bits per heavy atom. The van der Waals surface area contributed by atoms with Gasteiger partial charge in [0.15, 0.2) is 11.4 Å². The van der Waals surface area contributed by atoms with Crippen LogP contribution >= 0.6 is 0 Å². The van der Waals surface area contributed by atoms with E-state index in [-0.39, 0.29) is 17.1 Å². The average molecular weight is 202 g/mol. The Hall–Kier alpha value is -2.30. The number of benzene rings is 2. The van der Waals surface area contributed by atoms with E-state index in [0.717, 1.165) is 6.07 Å². The summed E-state index contributed by atoms with van der Waals surface area (Å²) < 4.78 is 0. The minimum Gasteiger partial charge on any atom is -0.505 e. The van der Waals surface area contributed by atoms with Gasteiger partial charge in [0.25, 0.3) is 0 Å². The van der Waals surface area contributed by atoms with E-state index in [1.54, 1.807) is 24.3 Å². The molecule has 0 fully saturated rings. The van der Waals surface area contributed by atoms with E-state index in [2.05, 4.69) is 10.4 Å². The molecule has 2 aromatic carbocycles. The van der Waals surface area contributed by atoms with E-state index < -0.39 is 0 Å². The van der Waals surface area contributed by atoms with Crippen molar-refractivity contribution in [3.63, 3.8) is 0 Å². The van der Waals surface area contributed by atoms with Crippen molar-refractivity contribution < 1.29 is 5.11 Å². The summed E-state index contributed by atoms with van der Waals surface area (Å²) in [6.07, 6.45) is 0. The Kier molecular flexibility index (Phi) is 2.13. The monoisotopic (exact) mass is 202 g/mol. The summed E-state index contributed by atoms with van der Waals surface area (Å²) in [5, 5.41) is 15.9. The zero-order chi connectivity index (χ0) is 10.8. The smallest absolute Gasteiger partial charge is 0.152 e. The summed E-state index contributed by atoms with van der Waals surface area (Å²) in [7, 11) is 0. The van der Waals surface area contributed by atoms with Crippen LogP contribution in [-0.4, -0.2) is 5.11 Å². The standard InChI is InChI=1S/C10H6N2O3/c13-10-7-4-2-1-3-6(7)8(11-14)5-9(10)12-15/h1-5,13H. The molecule has 0 amide bonds. The molecule has 2 aromatic rings. The second-order valence-electron chi connectivity index (χ2n) is 2.99. The van der Waals surface area contributed by atoms with Crippen LogP contribution in [0.25, 0.3) is 10.8 Å². The van der Waals surface area contributed by atoms with E-state index in [1.165, 1.54) is 0 Å². The number of aromatic hydroxyl groups is 1. The molecule has 0 radical (unpaired) electrons. The summed E-state index contributed by atoms with van der Waals surface area (Å²) in [5.74, 6) is -0.229. The molecule has 0 aliphatic rings. The highest BCUT2D eigenvalue weighted by Gasteiger charge is 2.11. The number of nitroso groups, excluding NO2 is 2.